The van der Waals surface area contributed by atoms with Crippen molar-refractivity contribution in [3.05, 3.63) is 77.3 Å². The number of ether oxygens (including phenoxy) is 1. The van der Waals surface area contributed by atoms with E-state index < -0.39 is 5.97 Å². The third-order valence-electron chi connectivity index (χ3n) is 5.09. The molecule has 0 amide bonds. The van der Waals surface area contributed by atoms with Crippen molar-refractivity contribution in [3.63, 3.8) is 0 Å². The molecule has 0 saturated carbocycles. The normalized spacial score (nSPS) is 11.2. The third-order valence-corrected chi connectivity index (χ3v) is 6.14. The maximum Gasteiger partial charge on any atom is 0.326 e. The standard InChI is InChI=1S/C24H18N4O3S/c1-2-31-17(29)13-28-14-25-21-19-18(15-9-5-3-6-10-15)20(16-11-7-4-8-12-16)26-27-23(19)32-22(21)24(28)30/h3-12,14H,2,13H2,1H3. The first-order chi connectivity index (χ1) is 15.7. The van der Waals surface area contributed by atoms with Gasteiger partial charge in [-0.1, -0.05) is 60.7 Å². The summed E-state index contributed by atoms with van der Waals surface area (Å²) in [6, 6.07) is 19.7. The highest BCUT2D eigenvalue weighted by molar-refractivity contribution is 7.25. The Morgan fingerprint density at radius 1 is 1.00 bits per heavy atom. The van der Waals surface area contributed by atoms with Gasteiger partial charge in [0.05, 0.1) is 18.5 Å². The number of hydrogen-bond acceptors (Lipinski definition) is 7. The molecule has 0 atom stereocenters. The topological polar surface area (TPSA) is 87.0 Å². The second-order valence-electron chi connectivity index (χ2n) is 7.10. The van der Waals surface area contributed by atoms with Gasteiger partial charge in [-0.05, 0) is 12.5 Å². The largest absolute Gasteiger partial charge is 0.465 e. The maximum atomic E-state index is 13.1. The first kappa shape index (κ1) is 20.0. The Kier molecular flexibility index (Phi) is 5.20. The van der Waals surface area contributed by atoms with Crippen LogP contribution in [0.5, 0.6) is 0 Å². The number of fused-ring (bicyclic) bond motifs is 3. The van der Waals surface area contributed by atoms with E-state index in [1.54, 1.807) is 6.92 Å². The Bertz CT molecular complexity index is 1490. The summed E-state index contributed by atoms with van der Waals surface area (Å²) in [4.78, 5) is 30.2. The van der Waals surface area contributed by atoms with E-state index in [0.29, 0.717) is 15.0 Å². The number of nitrogens with zero attached hydrogens (tertiary/aromatic N) is 4. The van der Waals surface area contributed by atoms with Crippen LogP contribution in [0.3, 0.4) is 0 Å². The number of esters is 1. The summed E-state index contributed by atoms with van der Waals surface area (Å²) in [5.74, 6) is -0.479. The van der Waals surface area contributed by atoms with Gasteiger partial charge in [-0.2, -0.15) is 0 Å². The Morgan fingerprint density at radius 3 is 2.38 bits per heavy atom. The van der Waals surface area contributed by atoms with Crippen molar-refractivity contribution < 1.29 is 9.53 Å². The summed E-state index contributed by atoms with van der Waals surface area (Å²) in [5.41, 5.74) is 3.75. The number of hydrogen-bond donors (Lipinski definition) is 0. The van der Waals surface area contributed by atoms with Crippen LogP contribution in [0.4, 0.5) is 0 Å². The summed E-state index contributed by atoms with van der Waals surface area (Å²) >= 11 is 1.23. The van der Waals surface area contributed by atoms with Gasteiger partial charge in [0, 0.05) is 16.5 Å². The van der Waals surface area contributed by atoms with Gasteiger partial charge in [-0.25, -0.2) is 4.98 Å². The summed E-state index contributed by atoms with van der Waals surface area (Å²) < 4.78 is 6.67. The predicted octanol–water partition coefficient (Wildman–Crippen LogP) is 4.30. The van der Waals surface area contributed by atoms with Crippen molar-refractivity contribution >= 4 is 37.7 Å². The average molecular weight is 443 g/mol. The summed E-state index contributed by atoms with van der Waals surface area (Å²) in [5, 5.41) is 9.74. The van der Waals surface area contributed by atoms with Crippen LogP contribution >= 0.6 is 11.3 Å². The zero-order valence-electron chi connectivity index (χ0n) is 17.2. The average Bonchev–Trinajstić information content (AvgIpc) is 3.21. The fourth-order valence-corrected chi connectivity index (χ4v) is 4.72. The number of aromatic nitrogens is 4. The van der Waals surface area contributed by atoms with Gasteiger partial charge < -0.3 is 4.74 Å². The highest BCUT2D eigenvalue weighted by Crippen LogP contribution is 2.40. The smallest absolute Gasteiger partial charge is 0.326 e. The zero-order chi connectivity index (χ0) is 22.1. The van der Waals surface area contributed by atoms with Crippen LogP contribution < -0.4 is 5.56 Å². The van der Waals surface area contributed by atoms with Gasteiger partial charge in [0.1, 0.15) is 21.8 Å². The van der Waals surface area contributed by atoms with E-state index in [9.17, 15) is 9.59 Å². The number of benzene rings is 2. The molecule has 5 rings (SSSR count). The minimum Gasteiger partial charge on any atom is -0.465 e. The summed E-state index contributed by atoms with van der Waals surface area (Å²) in [6.07, 6.45) is 1.39. The number of carbonyl (C=O) groups is 1. The van der Waals surface area contributed by atoms with Gasteiger partial charge in [0.2, 0.25) is 0 Å². The Morgan fingerprint density at radius 2 is 1.69 bits per heavy atom. The molecule has 5 aromatic rings. The lowest BCUT2D eigenvalue weighted by Crippen LogP contribution is -2.25. The van der Waals surface area contributed by atoms with E-state index in [2.05, 4.69) is 15.2 Å². The summed E-state index contributed by atoms with van der Waals surface area (Å²) in [6.45, 7) is 1.79. The molecule has 0 aliphatic rings. The first-order valence-corrected chi connectivity index (χ1v) is 10.9. The van der Waals surface area contributed by atoms with E-state index in [4.69, 9.17) is 4.74 Å². The second-order valence-corrected chi connectivity index (χ2v) is 8.10. The van der Waals surface area contributed by atoms with Crippen molar-refractivity contribution in [2.45, 2.75) is 13.5 Å². The molecule has 0 N–H and O–H groups in total. The number of thiophene rings is 1. The van der Waals surface area contributed by atoms with Crippen LogP contribution in [-0.4, -0.2) is 32.3 Å². The molecule has 0 fully saturated rings. The molecular formula is C24H18N4O3S. The molecule has 158 valence electrons. The second kappa shape index (κ2) is 8.32. The molecule has 0 radical (unpaired) electrons. The molecule has 0 unspecified atom stereocenters. The predicted molar refractivity (Wildman–Crippen MR) is 124 cm³/mol. The van der Waals surface area contributed by atoms with Crippen molar-refractivity contribution in [1.29, 1.82) is 0 Å². The molecule has 2 aromatic carbocycles. The lowest BCUT2D eigenvalue weighted by molar-refractivity contribution is -0.143. The van der Waals surface area contributed by atoms with Crippen LogP contribution in [-0.2, 0) is 16.1 Å². The molecular weight excluding hydrogens is 424 g/mol. The van der Waals surface area contributed by atoms with Crippen LogP contribution in [0.2, 0.25) is 0 Å². The zero-order valence-corrected chi connectivity index (χ0v) is 18.0. The van der Waals surface area contributed by atoms with Crippen molar-refractivity contribution in [3.8, 4) is 22.4 Å². The van der Waals surface area contributed by atoms with Crippen molar-refractivity contribution in [2.75, 3.05) is 6.61 Å². The monoisotopic (exact) mass is 442 g/mol. The highest BCUT2D eigenvalue weighted by Gasteiger charge is 2.21. The van der Waals surface area contributed by atoms with Gasteiger partial charge in [0.25, 0.3) is 5.56 Å². The molecule has 3 aromatic heterocycles. The summed E-state index contributed by atoms with van der Waals surface area (Å²) in [7, 11) is 0. The van der Waals surface area contributed by atoms with Gasteiger partial charge in [0.15, 0.2) is 0 Å². The lowest BCUT2D eigenvalue weighted by Gasteiger charge is -2.10. The van der Waals surface area contributed by atoms with Gasteiger partial charge in [-0.15, -0.1) is 21.5 Å². The molecule has 7 nitrogen and oxygen atoms in total. The fraction of sp³-hybridized carbons (Fsp3) is 0.125. The van der Waals surface area contributed by atoms with Gasteiger partial charge >= 0.3 is 5.97 Å². The van der Waals surface area contributed by atoms with Crippen molar-refractivity contribution in [1.82, 2.24) is 19.7 Å². The van der Waals surface area contributed by atoms with Crippen LogP contribution in [0, 0.1) is 0 Å². The van der Waals surface area contributed by atoms with Crippen LogP contribution in [0.25, 0.3) is 42.8 Å². The molecule has 0 saturated heterocycles. The first-order valence-electron chi connectivity index (χ1n) is 10.1. The van der Waals surface area contributed by atoms with E-state index >= 15 is 0 Å². The fourth-order valence-electron chi connectivity index (χ4n) is 3.69. The maximum absolute atomic E-state index is 13.1. The molecule has 8 heteroatoms. The van der Waals surface area contributed by atoms with Crippen LogP contribution in [0.15, 0.2) is 71.8 Å². The van der Waals surface area contributed by atoms with Crippen molar-refractivity contribution in [2.24, 2.45) is 0 Å². The molecule has 32 heavy (non-hydrogen) atoms. The minimum atomic E-state index is -0.479. The molecule has 0 spiro atoms. The number of carbonyl (C=O) groups excluding carboxylic acids is 1. The van der Waals surface area contributed by atoms with E-state index in [1.807, 2.05) is 60.7 Å². The van der Waals surface area contributed by atoms with E-state index in [-0.39, 0.29) is 18.7 Å². The quantitative estimate of drug-likeness (QED) is 0.377. The lowest BCUT2D eigenvalue weighted by atomic mass is 9.97. The highest BCUT2D eigenvalue weighted by atomic mass is 32.1. The third kappa shape index (κ3) is 3.44. The number of rotatable bonds is 5. The Hall–Kier alpha value is -3.91. The molecule has 0 aliphatic heterocycles. The molecule has 0 bridgehead atoms. The molecule has 3 heterocycles. The Labute approximate surface area is 187 Å². The Balaban J connectivity index is 1.80. The van der Waals surface area contributed by atoms with E-state index in [0.717, 1.165) is 27.8 Å². The minimum absolute atomic E-state index is 0.184. The van der Waals surface area contributed by atoms with Gasteiger partial charge in [-0.3, -0.25) is 14.2 Å². The van der Waals surface area contributed by atoms with Crippen LogP contribution in [0.1, 0.15) is 6.92 Å². The SMILES string of the molecule is CCOC(=O)Cn1cnc2c(sc3nnc(-c4ccccc4)c(-c4ccccc4)c32)c1=O. The van der Waals surface area contributed by atoms with E-state index in [1.165, 1.54) is 22.2 Å². The molecule has 0 aliphatic carbocycles.